The van der Waals surface area contributed by atoms with Crippen LogP contribution >= 0.6 is 0 Å². The quantitative estimate of drug-likeness (QED) is 0.940. The Morgan fingerprint density at radius 3 is 2.54 bits per heavy atom. The van der Waals surface area contributed by atoms with Crippen LogP contribution in [-0.2, 0) is 0 Å². The molecule has 0 saturated carbocycles. The summed E-state index contributed by atoms with van der Waals surface area (Å²) in [6.45, 7) is 3.40. The van der Waals surface area contributed by atoms with E-state index in [-0.39, 0.29) is 11.7 Å². The molecule has 1 atom stereocenters. The SMILES string of the molecule is Cc1ccnc(N2CCC(C(O)c3ccc(F)cc3)CC2)c1C#N. The molecule has 0 amide bonds. The number of nitriles is 1. The van der Waals surface area contributed by atoms with Gasteiger partial charge in [0.05, 0.1) is 11.7 Å². The van der Waals surface area contributed by atoms with Crippen molar-refractivity contribution >= 4 is 5.82 Å². The minimum atomic E-state index is -0.589. The van der Waals surface area contributed by atoms with Gasteiger partial charge in [-0.2, -0.15) is 5.26 Å². The number of hydrogen-bond donors (Lipinski definition) is 1. The highest BCUT2D eigenvalue weighted by Gasteiger charge is 2.28. The summed E-state index contributed by atoms with van der Waals surface area (Å²) in [4.78, 5) is 6.48. The van der Waals surface area contributed by atoms with Gasteiger partial charge in [0.25, 0.3) is 0 Å². The third kappa shape index (κ3) is 3.24. The van der Waals surface area contributed by atoms with E-state index in [1.165, 1.54) is 12.1 Å². The van der Waals surface area contributed by atoms with Crippen LogP contribution in [0.15, 0.2) is 36.5 Å². The maximum Gasteiger partial charge on any atom is 0.146 e. The lowest BCUT2D eigenvalue weighted by Gasteiger charge is -2.35. The first-order chi connectivity index (χ1) is 11.6. The molecule has 0 bridgehead atoms. The normalized spacial score (nSPS) is 16.7. The molecule has 24 heavy (non-hydrogen) atoms. The van der Waals surface area contributed by atoms with Crippen LogP contribution in [0.2, 0.25) is 0 Å². The van der Waals surface area contributed by atoms with Crippen molar-refractivity contribution in [2.75, 3.05) is 18.0 Å². The fourth-order valence-electron chi connectivity index (χ4n) is 3.28. The largest absolute Gasteiger partial charge is 0.388 e. The zero-order chi connectivity index (χ0) is 17.1. The number of aryl methyl sites for hydroxylation is 1. The summed E-state index contributed by atoms with van der Waals surface area (Å²) in [6, 6.07) is 10.1. The minimum Gasteiger partial charge on any atom is -0.388 e. The molecule has 3 rings (SSSR count). The predicted octanol–water partition coefficient (Wildman–Crippen LogP) is 3.35. The Kier molecular flexibility index (Phi) is 4.77. The van der Waals surface area contributed by atoms with Crippen LogP contribution in [-0.4, -0.2) is 23.2 Å². The molecule has 124 valence electrons. The van der Waals surface area contributed by atoms with Crippen molar-refractivity contribution in [3.8, 4) is 6.07 Å². The van der Waals surface area contributed by atoms with Crippen LogP contribution in [0.25, 0.3) is 0 Å². The number of benzene rings is 1. The van der Waals surface area contributed by atoms with Gasteiger partial charge in [-0.3, -0.25) is 0 Å². The molecule has 0 aliphatic carbocycles. The molecule has 1 aromatic heterocycles. The van der Waals surface area contributed by atoms with Crippen molar-refractivity contribution in [3.63, 3.8) is 0 Å². The smallest absolute Gasteiger partial charge is 0.146 e. The lowest BCUT2D eigenvalue weighted by molar-refractivity contribution is 0.0928. The molecule has 0 spiro atoms. The van der Waals surface area contributed by atoms with E-state index in [0.29, 0.717) is 5.56 Å². The highest BCUT2D eigenvalue weighted by Crippen LogP contribution is 2.33. The van der Waals surface area contributed by atoms with Crippen molar-refractivity contribution in [2.45, 2.75) is 25.9 Å². The van der Waals surface area contributed by atoms with Crippen molar-refractivity contribution < 1.29 is 9.50 Å². The Hall–Kier alpha value is -2.45. The lowest BCUT2D eigenvalue weighted by Crippen LogP contribution is -2.36. The van der Waals surface area contributed by atoms with Gasteiger partial charge >= 0.3 is 0 Å². The molecule has 1 unspecified atom stereocenters. The molecular weight excluding hydrogens is 305 g/mol. The number of aliphatic hydroxyl groups excluding tert-OH is 1. The van der Waals surface area contributed by atoms with Crippen LogP contribution in [0, 0.1) is 30.0 Å². The lowest BCUT2D eigenvalue weighted by atomic mass is 9.87. The van der Waals surface area contributed by atoms with Gasteiger partial charge in [0, 0.05) is 19.3 Å². The monoisotopic (exact) mass is 325 g/mol. The van der Waals surface area contributed by atoms with Gasteiger partial charge in [0.15, 0.2) is 0 Å². The number of rotatable bonds is 3. The number of aliphatic hydroxyl groups is 1. The molecule has 1 aromatic carbocycles. The summed E-state index contributed by atoms with van der Waals surface area (Å²) in [5, 5.41) is 19.9. The second kappa shape index (κ2) is 6.98. The molecule has 1 saturated heterocycles. The highest BCUT2D eigenvalue weighted by atomic mass is 19.1. The van der Waals surface area contributed by atoms with E-state index < -0.39 is 6.10 Å². The molecule has 1 fully saturated rings. The Morgan fingerprint density at radius 2 is 1.92 bits per heavy atom. The van der Waals surface area contributed by atoms with Gasteiger partial charge in [-0.25, -0.2) is 9.37 Å². The van der Waals surface area contributed by atoms with Gasteiger partial charge < -0.3 is 10.0 Å². The van der Waals surface area contributed by atoms with Gasteiger partial charge in [-0.05, 0) is 55.0 Å². The zero-order valence-corrected chi connectivity index (χ0v) is 13.6. The molecule has 2 heterocycles. The van der Waals surface area contributed by atoms with Crippen LogP contribution in [0.4, 0.5) is 10.2 Å². The fourth-order valence-corrected chi connectivity index (χ4v) is 3.28. The summed E-state index contributed by atoms with van der Waals surface area (Å²) in [7, 11) is 0. The van der Waals surface area contributed by atoms with Crippen molar-refractivity contribution in [1.82, 2.24) is 4.98 Å². The second-order valence-electron chi connectivity index (χ2n) is 6.26. The molecule has 1 aliphatic heterocycles. The minimum absolute atomic E-state index is 0.127. The first-order valence-electron chi connectivity index (χ1n) is 8.14. The summed E-state index contributed by atoms with van der Waals surface area (Å²) >= 11 is 0. The predicted molar refractivity (Wildman–Crippen MR) is 90.0 cm³/mol. The van der Waals surface area contributed by atoms with Crippen molar-refractivity contribution in [1.29, 1.82) is 5.26 Å². The standard InChI is InChI=1S/C19H20FN3O/c1-13-6-9-22-19(17(13)12-21)23-10-7-15(8-11-23)18(24)14-2-4-16(20)5-3-14/h2-6,9,15,18,24H,7-8,10-11H2,1H3. The van der Waals surface area contributed by atoms with E-state index in [2.05, 4.69) is 16.0 Å². The van der Waals surface area contributed by atoms with E-state index in [1.807, 2.05) is 13.0 Å². The third-order valence-electron chi connectivity index (χ3n) is 4.75. The Balaban J connectivity index is 1.69. The molecule has 4 nitrogen and oxygen atoms in total. The number of piperidine rings is 1. The Labute approximate surface area is 141 Å². The van der Waals surface area contributed by atoms with Crippen molar-refractivity contribution in [3.05, 3.63) is 59.0 Å². The number of nitrogens with zero attached hydrogens (tertiary/aromatic N) is 3. The van der Waals surface area contributed by atoms with Gasteiger partial charge in [0.2, 0.25) is 0 Å². The van der Waals surface area contributed by atoms with Gasteiger partial charge in [-0.15, -0.1) is 0 Å². The summed E-state index contributed by atoms with van der Waals surface area (Å²) in [5.74, 6) is 0.560. The Morgan fingerprint density at radius 1 is 1.25 bits per heavy atom. The third-order valence-corrected chi connectivity index (χ3v) is 4.75. The molecule has 1 N–H and O–H groups in total. The van der Waals surface area contributed by atoms with Gasteiger partial charge in [-0.1, -0.05) is 12.1 Å². The van der Waals surface area contributed by atoms with Crippen LogP contribution in [0.5, 0.6) is 0 Å². The van der Waals surface area contributed by atoms with E-state index in [9.17, 15) is 14.8 Å². The number of pyridine rings is 1. The van der Waals surface area contributed by atoms with E-state index in [0.717, 1.165) is 42.9 Å². The number of aromatic nitrogens is 1. The first-order valence-corrected chi connectivity index (χ1v) is 8.14. The van der Waals surface area contributed by atoms with Crippen LogP contribution in [0.1, 0.15) is 35.6 Å². The molecule has 2 aromatic rings. The van der Waals surface area contributed by atoms with E-state index >= 15 is 0 Å². The highest BCUT2D eigenvalue weighted by molar-refractivity contribution is 5.57. The molecule has 0 radical (unpaired) electrons. The number of anilines is 1. The average Bonchev–Trinajstić information content (AvgIpc) is 2.62. The number of hydrogen-bond acceptors (Lipinski definition) is 4. The molecule has 5 heteroatoms. The van der Waals surface area contributed by atoms with E-state index in [4.69, 9.17) is 0 Å². The van der Waals surface area contributed by atoms with Gasteiger partial charge in [0.1, 0.15) is 17.7 Å². The summed E-state index contributed by atoms with van der Waals surface area (Å²) < 4.78 is 13.0. The molecular formula is C19H20FN3O. The van der Waals surface area contributed by atoms with E-state index in [1.54, 1.807) is 18.3 Å². The maximum absolute atomic E-state index is 13.0. The maximum atomic E-state index is 13.0. The summed E-state index contributed by atoms with van der Waals surface area (Å²) in [6.07, 6.45) is 2.75. The second-order valence-corrected chi connectivity index (χ2v) is 6.26. The summed E-state index contributed by atoms with van der Waals surface area (Å²) in [5.41, 5.74) is 2.30. The topological polar surface area (TPSA) is 60.1 Å². The van der Waals surface area contributed by atoms with Crippen molar-refractivity contribution in [2.24, 2.45) is 5.92 Å². The zero-order valence-electron chi connectivity index (χ0n) is 13.6. The number of halogens is 1. The fraction of sp³-hybridized carbons (Fsp3) is 0.368. The van der Waals surface area contributed by atoms with Crippen LogP contribution in [0.3, 0.4) is 0 Å². The first kappa shape index (κ1) is 16.4. The Bertz CT molecular complexity index is 746. The average molecular weight is 325 g/mol. The van der Waals surface area contributed by atoms with Crippen LogP contribution < -0.4 is 4.90 Å². The molecule has 1 aliphatic rings.